The van der Waals surface area contributed by atoms with Gasteiger partial charge in [0.1, 0.15) is 9.84 Å². The molecule has 0 aromatic rings. The predicted octanol–water partition coefficient (Wildman–Crippen LogP) is 1.32. The average molecular weight is 331 g/mol. The SMILES string of the molecule is CS(=O)(=O)CCCN1CCC(I)CC1. The largest absolute Gasteiger partial charge is 0.303 e. The highest BCUT2D eigenvalue weighted by Crippen LogP contribution is 2.17. The van der Waals surface area contributed by atoms with Gasteiger partial charge in [0.05, 0.1) is 5.75 Å². The topological polar surface area (TPSA) is 37.4 Å². The molecule has 1 aliphatic heterocycles. The van der Waals surface area contributed by atoms with Gasteiger partial charge in [0.25, 0.3) is 0 Å². The lowest BCUT2D eigenvalue weighted by Crippen LogP contribution is -2.35. The second kappa shape index (κ2) is 5.65. The highest BCUT2D eigenvalue weighted by atomic mass is 127. The summed E-state index contributed by atoms with van der Waals surface area (Å²) in [5.41, 5.74) is 0. The Morgan fingerprint density at radius 2 is 1.93 bits per heavy atom. The summed E-state index contributed by atoms with van der Waals surface area (Å²) in [6.45, 7) is 3.21. The van der Waals surface area contributed by atoms with Crippen molar-refractivity contribution in [2.24, 2.45) is 0 Å². The molecule has 3 nitrogen and oxygen atoms in total. The number of hydrogen-bond acceptors (Lipinski definition) is 3. The molecular weight excluding hydrogens is 313 g/mol. The molecule has 0 radical (unpaired) electrons. The van der Waals surface area contributed by atoms with Crippen molar-refractivity contribution in [3.8, 4) is 0 Å². The van der Waals surface area contributed by atoms with Crippen LogP contribution in [0.25, 0.3) is 0 Å². The molecule has 1 aliphatic rings. The monoisotopic (exact) mass is 331 g/mol. The van der Waals surface area contributed by atoms with Crippen LogP contribution in [-0.4, -0.2) is 48.9 Å². The minimum absolute atomic E-state index is 0.331. The summed E-state index contributed by atoms with van der Waals surface area (Å²) in [6.07, 6.45) is 4.59. The molecule has 0 amide bonds. The highest BCUT2D eigenvalue weighted by Gasteiger charge is 2.16. The van der Waals surface area contributed by atoms with Crippen molar-refractivity contribution in [3.63, 3.8) is 0 Å². The number of likely N-dealkylation sites (tertiary alicyclic amines) is 1. The smallest absolute Gasteiger partial charge is 0.147 e. The summed E-state index contributed by atoms with van der Waals surface area (Å²) < 4.78 is 22.6. The molecule has 0 bridgehead atoms. The molecule has 0 aromatic heterocycles. The van der Waals surface area contributed by atoms with Crippen LogP contribution in [0, 0.1) is 0 Å². The van der Waals surface area contributed by atoms with E-state index in [9.17, 15) is 8.42 Å². The van der Waals surface area contributed by atoms with Crippen molar-refractivity contribution in [1.82, 2.24) is 4.90 Å². The number of halogens is 1. The summed E-state index contributed by atoms with van der Waals surface area (Å²) in [4.78, 5) is 2.38. The zero-order chi connectivity index (χ0) is 10.6. The molecule has 14 heavy (non-hydrogen) atoms. The first-order chi connectivity index (χ1) is 6.47. The number of sulfone groups is 1. The third kappa shape index (κ3) is 5.50. The van der Waals surface area contributed by atoms with Crippen molar-refractivity contribution in [1.29, 1.82) is 0 Å². The van der Waals surface area contributed by atoms with Gasteiger partial charge in [0.15, 0.2) is 0 Å². The van der Waals surface area contributed by atoms with Gasteiger partial charge in [0.2, 0.25) is 0 Å². The molecule has 84 valence electrons. The summed E-state index contributed by atoms with van der Waals surface area (Å²) in [5, 5.41) is 0. The molecule has 0 N–H and O–H groups in total. The van der Waals surface area contributed by atoms with Crippen molar-refractivity contribution in [3.05, 3.63) is 0 Å². The number of rotatable bonds is 4. The van der Waals surface area contributed by atoms with Crippen molar-refractivity contribution < 1.29 is 8.42 Å². The van der Waals surface area contributed by atoms with E-state index in [2.05, 4.69) is 27.5 Å². The molecule has 1 fully saturated rings. The molecular formula is C9H18INO2S. The van der Waals surface area contributed by atoms with E-state index >= 15 is 0 Å². The second-order valence-corrected chi connectivity index (χ2v) is 8.02. The van der Waals surface area contributed by atoms with Gasteiger partial charge in [-0.1, -0.05) is 22.6 Å². The van der Waals surface area contributed by atoms with E-state index in [4.69, 9.17) is 0 Å². The van der Waals surface area contributed by atoms with Gasteiger partial charge in [-0.15, -0.1) is 0 Å². The standard InChI is InChI=1S/C9H18INO2S/c1-14(12,13)8-2-5-11-6-3-9(10)4-7-11/h9H,2-8H2,1H3. The number of hydrogen-bond donors (Lipinski definition) is 0. The van der Waals surface area contributed by atoms with Crippen LogP contribution in [0.5, 0.6) is 0 Å². The fourth-order valence-electron chi connectivity index (χ4n) is 1.68. The second-order valence-electron chi connectivity index (χ2n) is 4.00. The summed E-state index contributed by atoms with van der Waals surface area (Å²) in [7, 11) is -2.76. The Balaban J connectivity index is 2.14. The fourth-order valence-corrected chi connectivity index (χ4v) is 2.89. The average Bonchev–Trinajstić information content (AvgIpc) is 2.06. The van der Waals surface area contributed by atoms with Crippen LogP contribution in [0.3, 0.4) is 0 Å². The van der Waals surface area contributed by atoms with Crippen LogP contribution >= 0.6 is 22.6 Å². The maximum atomic E-state index is 10.9. The number of piperidine rings is 1. The Morgan fingerprint density at radius 1 is 1.36 bits per heavy atom. The van der Waals surface area contributed by atoms with Crippen LogP contribution in [0.1, 0.15) is 19.3 Å². The van der Waals surface area contributed by atoms with E-state index < -0.39 is 9.84 Å². The first kappa shape index (κ1) is 12.7. The first-order valence-corrected chi connectivity index (χ1v) is 8.32. The maximum absolute atomic E-state index is 10.9. The van der Waals surface area contributed by atoms with Gasteiger partial charge in [-0.2, -0.15) is 0 Å². The van der Waals surface area contributed by atoms with E-state index in [-0.39, 0.29) is 0 Å². The molecule has 0 aliphatic carbocycles. The van der Waals surface area contributed by atoms with Crippen LogP contribution in [0.2, 0.25) is 0 Å². The molecule has 1 heterocycles. The summed E-state index contributed by atoms with van der Waals surface area (Å²) in [6, 6.07) is 0. The maximum Gasteiger partial charge on any atom is 0.147 e. The number of nitrogens with zero attached hydrogens (tertiary/aromatic N) is 1. The molecule has 0 saturated carbocycles. The third-order valence-electron chi connectivity index (χ3n) is 2.51. The van der Waals surface area contributed by atoms with Crippen molar-refractivity contribution >= 4 is 32.4 Å². The van der Waals surface area contributed by atoms with Crippen LogP contribution in [0.15, 0.2) is 0 Å². The van der Waals surface area contributed by atoms with E-state index in [1.807, 2.05) is 0 Å². The van der Waals surface area contributed by atoms with Crippen LogP contribution < -0.4 is 0 Å². The van der Waals surface area contributed by atoms with Gasteiger partial charge in [-0.05, 0) is 38.9 Å². The zero-order valence-electron chi connectivity index (χ0n) is 8.58. The van der Waals surface area contributed by atoms with Gasteiger partial charge in [0, 0.05) is 10.2 Å². The van der Waals surface area contributed by atoms with Gasteiger partial charge in [-0.25, -0.2) is 8.42 Å². The lowest BCUT2D eigenvalue weighted by molar-refractivity contribution is 0.237. The van der Waals surface area contributed by atoms with E-state index in [0.29, 0.717) is 5.75 Å². The molecule has 1 rings (SSSR count). The van der Waals surface area contributed by atoms with E-state index in [1.165, 1.54) is 19.1 Å². The minimum Gasteiger partial charge on any atom is -0.303 e. The van der Waals surface area contributed by atoms with Crippen molar-refractivity contribution in [2.75, 3.05) is 31.6 Å². The normalized spacial score (nSPS) is 21.3. The van der Waals surface area contributed by atoms with Crippen molar-refractivity contribution in [2.45, 2.75) is 23.2 Å². The lowest BCUT2D eigenvalue weighted by atomic mass is 10.1. The van der Waals surface area contributed by atoms with Gasteiger partial charge < -0.3 is 4.90 Å². The van der Waals surface area contributed by atoms with Crippen LogP contribution in [-0.2, 0) is 9.84 Å². The Hall–Kier alpha value is 0.640. The lowest BCUT2D eigenvalue weighted by Gasteiger charge is -2.29. The van der Waals surface area contributed by atoms with Gasteiger partial charge in [-0.3, -0.25) is 0 Å². The highest BCUT2D eigenvalue weighted by molar-refractivity contribution is 14.1. The molecule has 5 heteroatoms. The van der Waals surface area contributed by atoms with Gasteiger partial charge >= 0.3 is 0 Å². The van der Waals surface area contributed by atoms with Crippen LogP contribution in [0.4, 0.5) is 0 Å². The summed E-state index contributed by atoms with van der Waals surface area (Å²) in [5.74, 6) is 0.331. The first-order valence-electron chi connectivity index (χ1n) is 5.01. The quantitative estimate of drug-likeness (QED) is 0.576. The molecule has 0 atom stereocenters. The third-order valence-corrected chi connectivity index (χ3v) is 4.78. The molecule has 0 unspecified atom stereocenters. The molecule has 0 aromatic carbocycles. The summed E-state index contributed by atoms with van der Waals surface area (Å²) >= 11 is 2.49. The molecule has 1 saturated heterocycles. The Morgan fingerprint density at radius 3 is 2.43 bits per heavy atom. The zero-order valence-corrected chi connectivity index (χ0v) is 11.6. The fraction of sp³-hybridized carbons (Fsp3) is 1.00. The van der Waals surface area contributed by atoms with E-state index in [0.717, 1.165) is 30.0 Å². The Bertz CT molecular complexity index is 258. The predicted molar refractivity (Wildman–Crippen MR) is 67.8 cm³/mol. The Kier molecular flexibility index (Phi) is 5.13. The minimum atomic E-state index is -2.76. The Labute approximate surface area is 100 Å². The number of alkyl halides is 1. The molecule has 0 spiro atoms. The van der Waals surface area contributed by atoms with E-state index in [1.54, 1.807) is 0 Å².